The number of carbonyl (C=O) groups excluding carboxylic acids is 1. The van der Waals surface area contributed by atoms with Gasteiger partial charge in [0.1, 0.15) is 6.07 Å². The minimum absolute atomic E-state index is 0.132. The first-order valence-electron chi connectivity index (χ1n) is 7.88. The molecule has 0 atom stereocenters. The van der Waals surface area contributed by atoms with E-state index in [-0.39, 0.29) is 11.9 Å². The number of nitriles is 1. The van der Waals surface area contributed by atoms with Crippen molar-refractivity contribution < 1.29 is 9.21 Å². The Labute approximate surface area is 145 Å². The Hall–Kier alpha value is -2.45. The predicted octanol–water partition coefficient (Wildman–Crippen LogP) is 3.51. The molecule has 0 radical (unpaired) electrons. The average Bonchev–Trinajstić information content (AvgIpc) is 3.01. The van der Waals surface area contributed by atoms with Crippen LogP contribution in [0.3, 0.4) is 0 Å². The van der Waals surface area contributed by atoms with Crippen molar-refractivity contribution in [2.45, 2.75) is 25.8 Å². The molecule has 0 saturated carbocycles. The lowest BCUT2D eigenvalue weighted by molar-refractivity contribution is 0.0902. The van der Waals surface area contributed by atoms with Gasteiger partial charge in [-0.2, -0.15) is 5.26 Å². The highest BCUT2D eigenvalue weighted by Crippen LogP contribution is 2.26. The number of nitrogens with one attached hydrogen (secondary N) is 1. The minimum atomic E-state index is -0.155. The summed E-state index contributed by atoms with van der Waals surface area (Å²) in [4.78, 5) is 14.4. The summed E-state index contributed by atoms with van der Waals surface area (Å²) in [6.07, 6.45) is 3.23. The topological polar surface area (TPSA) is 69.3 Å². The summed E-state index contributed by atoms with van der Waals surface area (Å²) in [5, 5.41) is 12.4. The first-order valence-corrected chi connectivity index (χ1v) is 8.26. The molecule has 3 rings (SSSR count). The first-order chi connectivity index (χ1) is 11.6. The van der Waals surface area contributed by atoms with Crippen LogP contribution in [-0.4, -0.2) is 25.0 Å². The molecule has 1 fully saturated rings. The Bertz CT molecular complexity index is 786. The van der Waals surface area contributed by atoms with Gasteiger partial charge >= 0.3 is 0 Å². The van der Waals surface area contributed by atoms with Crippen LogP contribution in [0.15, 0.2) is 34.9 Å². The van der Waals surface area contributed by atoms with Crippen LogP contribution in [0.4, 0.5) is 5.69 Å². The van der Waals surface area contributed by atoms with Gasteiger partial charge in [0.05, 0.1) is 16.8 Å². The fourth-order valence-electron chi connectivity index (χ4n) is 2.93. The molecule has 124 valence electrons. The number of hydrogen-bond acceptors (Lipinski definition) is 4. The maximum absolute atomic E-state index is 12.2. The number of anilines is 1. The zero-order valence-corrected chi connectivity index (χ0v) is 14.1. The van der Waals surface area contributed by atoms with Gasteiger partial charge in [0.15, 0.2) is 5.76 Å². The van der Waals surface area contributed by atoms with Crippen LogP contribution in [0.25, 0.3) is 0 Å². The van der Waals surface area contributed by atoms with E-state index < -0.39 is 0 Å². The quantitative estimate of drug-likeness (QED) is 0.925. The normalized spacial score (nSPS) is 15.1. The summed E-state index contributed by atoms with van der Waals surface area (Å²) in [6, 6.07) is 9.46. The molecule has 2 heterocycles. The van der Waals surface area contributed by atoms with Gasteiger partial charge in [-0.3, -0.25) is 4.79 Å². The summed E-state index contributed by atoms with van der Waals surface area (Å²) in [6.45, 7) is 3.50. The monoisotopic (exact) mass is 343 g/mol. The maximum Gasteiger partial charge on any atom is 0.287 e. The van der Waals surface area contributed by atoms with E-state index in [2.05, 4.69) is 16.3 Å². The fraction of sp³-hybridized carbons (Fsp3) is 0.333. The van der Waals surface area contributed by atoms with Crippen LogP contribution < -0.4 is 10.2 Å². The van der Waals surface area contributed by atoms with E-state index in [1.807, 2.05) is 19.1 Å². The van der Waals surface area contributed by atoms with Crippen LogP contribution in [0.1, 0.15) is 34.5 Å². The number of benzene rings is 1. The van der Waals surface area contributed by atoms with Gasteiger partial charge in [-0.05, 0) is 44.0 Å². The van der Waals surface area contributed by atoms with E-state index in [9.17, 15) is 4.79 Å². The minimum Gasteiger partial charge on any atom is -0.459 e. The van der Waals surface area contributed by atoms with Crippen LogP contribution in [0.5, 0.6) is 0 Å². The van der Waals surface area contributed by atoms with Crippen molar-refractivity contribution in [3.63, 3.8) is 0 Å². The van der Waals surface area contributed by atoms with Gasteiger partial charge in [0.2, 0.25) is 0 Å². The largest absolute Gasteiger partial charge is 0.459 e. The molecule has 1 aromatic carbocycles. The highest BCUT2D eigenvalue weighted by molar-refractivity contribution is 6.32. The number of piperidine rings is 1. The molecule has 1 aromatic heterocycles. The van der Waals surface area contributed by atoms with Crippen LogP contribution in [0, 0.1) is 18.3 Å². The van der Waals surface area contributed by atoms with Gasteiger partial charge in [-0.1, -0.05) is 11.6 Å². The molecule has 1 amide bonds. The molecule has 24 heavy (non-hydrogen) atoms. The molecular weight excluding hydrogens is 326 g/mol. The predicted molar refractivity (Wildman–Crippen MR) is 92.3 cm³/mol. The molecule has 0 aliphatic carbocycles. The van der Waals surface area contributed by atoms with Gasteiger partial charge in [0, 0.05) is 30.4 Å². The number of aryl methyl sites for hydroxylation is 1. The van der Waals surface area contributed by atoms with Gasteiger partial charge < -0.3 is 14.6 Å². The van der Waals surface area contributed by atoms with Crippen LogP contribution in [0.2, 0.25) is 5.02 Å². The maximum atomic E-state index is 12.2. The lowest BCUT2D eigenvalue weighted by atomic mass is 10.0. The van der Waals surface area contributed by atoms with Gasteiger partial charge in [-0.15, -0.1) is 0 Å². The Balaban J connectivity index is 1.58. The molecule has 1 aliphatic heterocycles. The lowest BCUT2D eigenvalue weighted by Gasteiger charge is -2.34. The Morgan fingerprint density at radius 2 is 2.12 bits per heavy atom. The summed E-state index contributed by atoms with van der Waals surface area (Å²) in [5.41, 5.74) is 2.33. The Morgan fingerprint density at radius 3 is 2.71 bits per heavy atom. The molecule has 1 saturated heterocycles. The SMILES string of the molecule is Cc1ccoc1C(=O)NC1CCN(c2ccc(C#N)c(Cl)c2)CC1. The standard InChI is InChI=1S/C18H18ClN3O2/c1-12-6-9-24-17(12)18(23)21-14-4-7-22(8-5-14)15-3-2-13(11-20)16(19)10-15/h2-3,6,9-10,14H,4-5,7-8H2,1H3,(H,21,23). The highest BCUT2D eigenvalue weighted by Gasteiger charge is 2.23. The van der Waals surface area contributed by atoms with Crippen LogP contribution >= 0.6 is 11.6 Å². The molecule has 0 bridgehead atoms. The number of hydrogen-bond donors (Lipinski definition) is 1. The number of amides is 1. The van der Waals surface area contributed by atoms with Crippen molar-refractivity contribution in [2.75, 3.05) is 18.0 Å². The molecule has 1 aliphatic rings. The zero-order valence-electron chi connectivity index (χ0n) is 13.4. The highest BCUT2D eigenvalue weighted by atomic mass is 35.5. The van der Waals surface area contributed by atoms with Gasteiger partial charge in [0.25, 0.3) is 5.91 Å². The van der Waals surface area contributed by atoms with E-state index in [0.29, 0.717) is 16.3 Å². The molecule has 1 N–H and O–H groups in total. The Kier molecular flexibility index (Phi) is 4.77. The Morgan fingerprint density at radius 1 is 1.38 bits per heavy atom. The number of furan rings is 1. The molecule has 5 nitrogen and oxygen atoms in total. The van der Waals surface area contributed by atoms with E-state index >= 15 is 0 Å². The smallest absolute Gasteiger partial charge is 0.287 e. The number of halogens is 1. The summed E-state index contributed by atoms with van der Waals surface area (Å²) in [5.74, 6) is 0.230. The van der Waals surface area contributed by atoms with Crippen molar-refractivity contribution in [3.05, 3.63) is 52.4 Å². The third kappa shape index (κ3) is 3.39. The van der Waals surface area contributed by atoms with Crippen molar-refractivity contribution in [3.8, 4) is 6.07 Å². The third-order valence-electron chi connectivity index (χ3n) is 4.34. The van der Waals surface area contributed by atoms with E-state index in [1.165, 1.54) is 6.26 Å². The second-order valence-electron chi connectivity index (χ2n) is 5.94. The number of rotatable bonds is 3. The second-order valence-corrected chi connectivity index (χ2v) is 6.35. The van der Waals surface area contributed by atoms with E-state index in [4.69, 9.17) is 21.3 Å². The third-order valence-corrected chi connectivity index (χ3v) is 4.65. The average molecular weight is 344 g/mol. The summed E-state index contributed by atoms with van der Waals surface area (Å²) in [7, 11) is 0. The van der Waals surface area contributed by atoms with E-state index in [1.54, 1.807) is 12.1 Å². The molecule has 2 aromatic rings. The second kappa shape index (κ2) is 6.98. The fourth-order valence-corrected chi connectivity index (χ4v) is 3.15. The van der Waals surface area contributed by atoms with Crippen molar-refractivity contribution in [1.82, 2.24) is 5.32 Å². The number of carbonyl (C=O) groups is 1. The first kappa shape index (κ1) is 16.4. The van der Waals surface area contributed by atoms with Crippen molar-refractivity contribution >= 4 is 23.2 Å². The van der Waals surface area contributed by atoms with Gasteiger partial charge in [-0.25, -0.2) is 0 Å². The van der Waals surface area contributed by atoms with Crippen LogP contribution in [-0.2, 0) is 0 Å². The summed E-state index contributed by atoms with van der Waals surface area (Å²) < 4.78 is 5.23. The van der Waals surface area contributed by atoms with E-state index in [0.717, 1.165) is 37.2 Å². The molecule has 0 unspecified atom stereocenters. The molecule has 6 heteroatoms. The number of nitrogens with zero attached hydrogens (tertiary/aromatic N) is 2. The zero-order chi connectivity index (χ0) is 17.1. The molecule has 0 spiro atoms. The lowest BCUT2D eigenvalue weighted by Crippen LogP contribution is -2.44. The van der Waals surface area contributed by atoms with Crippen molar-refractivity contribution in [2.24, 2.45) is 0 Å². The molecular formula is C18H18ClN3O2. The summed E-state index contributed by atoms with van der Waals surface area (Å²) >= 11 is 6.10. The van der Waals surface area contributed by atoms with Crippen molar-refractivity contribution in [1.29, 1.82) is 5.26 Å².